The first-order valence-corrected chi connectivity index (χ1v) is 6.99. The number of pyridine rings is 1. The first kappa shape index (κ1) is 14.3. The van der Waals surface area contributed by atoms with Crippen molar-refractivity contribution in [3.63, 3.8) is 0 Å². The third-order valence-corrected chi connectivity index (χ3v) is 3.59. The molecule has 19 heavy (non-hydrogen) atoms. The predicted molar refractivity (Wildman–Crippen MR) is 76.5 cm³/mol. The van der Waals surface area contributed by atoms with Crippen LogP contribution < -0.4 is 10.6 Å². The molecule has 3 nitrogen and oxygen atoms in total. The minimum absolute atomic E-state index is 0.0211. The van der Waals surface area contributed by atoms with Gasteiger partial charge in [0.15, 0.2) is 11.6 Å². The summed E-state index contributed by atoms with van der Waals surface area (Å²) >= 11 is 0. The van der Waals surface area contributed by atoms with Crippen LogP contribution in [-0.4, -0.2) is 17.1 Å². The van der Waals surface area contributed by atoms with Crippen LogP contribution >= 0.6 is 0 Å². The van der Waals surface area contributed by atoms with Gasteiger partial charge in [0.2, 0.25) is 0 Å². The van der Waals surface area contributed by atoms with Crippen molar-refractivity contribution in [2.24, 2.45) is 11.8 Å². The third-order valence-electron chi connectivity index (χ3n) is 3.59. The number of nitrogens with one attached hydrogen (secondary N) is 2. The smallest absolute Gasteiger partial charge is 0.169 e. The highest BCUT2D eigenvalue weighted by Crippen LogP contribution is 2.37. The summed E-state index contributed by atoms with van der Waals surface area (Å²) in [5, 5.41) is 6.42. The monoisotopic (exact) mass is 265 g/mol. The maximum atomic E-state index is 14.3. The van der Waals surface area contributed by atoms with Crippen LogP contribution in [-0.2, 0) is 6.54 Å². The number of aromatic nitrogens is 1. The first-order chi connectivity index (χ1) is 8.87. The molecule has 2 N–H and O–H groups in total. The minimum Gasteiger partial charge on any atom is -0.367 e. The lowest BCUT2D eigenvalue weighted by Gasteiger charge is -2.21. The zero-order chi connectivity index (χ0) is 14.0. The first-order valence-electron chi connectivity index (χ1n) is 6.99. The Morgan fingerprint density at radius 1 is 1.42 bits per heavy atom. The number of hydrogen-bond donors (Lipinski definition) is 2. The standard InChI is InChI=1S/C15H24FN3/c1-10-7-12(10)8-18-14-13(16)11(5-6-17-14)9-19-15(2,3)4/h5-6,10,12,19H,7-9H2,1-4H3,(H,17,18). The Kier molecular flexibility index (Phi) is 4.09. The number of halogens is 1. The van der Waals surface area contributed by atoms with Gasteiger partial charge in [0.1, 0.15) is 0 Å². The summed E-state index contributed by atoms with van der Waals surface area (Å²) in [5.41, 5.74) is 0.642. The molecule has 0 bridgehead atoms. The average molecular weight is 265 g/mol. The molecule has 2 rings (SSSR count). The Hall–Kier alpha value is -1.16. The van der Waals surface area contributed by atoms with E-state index < -0.39 is 0 Å². The fraction of sp³-hybridized carbons (Fsp3) is 0.667. The predicted octanol–water partition coefficient (Wildman–Crippen LogP) is 3.18. The van der Waals surface area contributed by atoms with Crippen molar-refractivity contribution in [3.8, 4) is 0 Å². The van der Waals surface area contributed by atoms with Crippen LogP contribution in [0.4, 0.5) is 10.2 Å². The van der Waals surface area contributed by atoms with E-state index >= 15 is 0 Å². The minimum atomic E-state index is -0.229. The van der Waals surface area contributed by atoms with Crippen molar-refractivity contribution < 1.29 is 4.39 Å². The highest BCUT2D eigenvalue weighted by atomic mass is 19.1. The van der Waals surface area contributed by atoms with Gasteiger partial charge in [-0.25, -0.2) is 9.37 Å². The van der Waals surface area contributed by atoms with Gasteiger partial charge in [-0.15, -0.1) is 0 Å². The Bertz CT molecular complexity index is 440. The second-order valence-electron chi connectivity index (χ2n) is 6.59. The number of nitrogens with zero attached hydrogens (tertiary/aromatic N) is 1. The fourth-order valence-corrected chi connectivity index (χ4v) is 2.02. The topological polar surface area (TPSA) is 37.0 Å². The molecule has 1 fully saturated rings. The zero-order valence-electron chi connectivity index (χ0n) is 12.3. The van der Waals surface area contributed by atoms with Gasteiger partial charge >= 0.3 is 0 Å². The molecule has 1 aliphatic carbocycles. The molecule has 1 aromatic rings. The van der Waals surface area contributed by atoms with Gasteiger partial charge in [0, 0.05) is 30.4 Å². The van der Waals surface area contributed by atoms with Gasteiger partial charge in [-0.3, -0.25) is 0 Å². The van der Waals surface area contributed by atoms with Gasteiger partial charge < -0.3 is 10.6 Å². The van der Waals surface area contributed by atoms with E-state index in [4.69, 9.17) is 0 Å². The normalized spacial score (nSPS) is 22.4. The summed E-state index contributed by atoms with van der Waals surface area (Å²) in [5.74, 6) is 1.60. The molecule has 2 unspecified atom stereocenters. The second-order valence-corrected chi connectivity index (χ2v) is 6.59. The third kappa shape index (κ3) is 4.16. The molecule has 0 amide bonds. The number of anilines is 1. The Morgan fingerprint density at radius 3 is 2.68 bits per heavy atom. The maximum Gasteiger partial charge on any atom is 0.169 e. The number of hydrogen-bond acceptors (Lipinski definition) is 3. The van der Waals surface area contributed by atoms with Crippen molar-refractivity contribution in [2.45, 2.75) is 46.2 Å². The van der Waals surface area contributed by atoms with Crippen LogP contribution in [0.3, 0.4) is 0 Å². The van der Waals surface area contributed by atoms with E-state index in [-0.39, 0.29) is 11.4 Å². The van der Waals surface area contributed by atoms with E-state index in [1.807, 2.05) is 0 Å². The van der Waals surface area contributed by atoms with Gasteiger partial charge in [-0.2, -0.15) is 0 Å². The van der Waals surface area contributed by atoms with Crippen LogP contribution in [0.5, 0.6) is 0 Å². The van der Waals surface area contributed by atoms with Crippen molar-refractivity contribution >= 4 is 5.82 Å². The highest BCUT2D eigenvalue weighted by molar-refractivity contribution is 5.40. The lowest BCUT2D eigenvalue weighted by molar-refractivity contribution is 0.418. The van der Waals surface area contributed by atoms with E-state index in [1.165, 1.54) is 6.42 Å². The molecule has 0 aliphatic heterocycles. The van der Waals surface area contributed by atoms with E-state index in [0.29, 0.717) is 23.8 Å². The molecule has 4 heteroatoms. The number of rotatable bonds is 5. The quantitative estimate of drug-likeness (QED) is 0.858. The second kappa shape index (κ2) is 5.45. The molecule has 0 spiro atoms. The lowest BCUT2D eigenvalue weighted by Crippen LogP contribution is -2.35. The Balaban J connectivity index is 1.96. The van der Waals surface area contributed by atoms with Crippen LogP contribution in [0.15, 0.2) is 12.3 Å². The zero-order valence-corrected chi connectivity index (χ0v) is 12.3. The molecule has 1 aliphatic rings. The Labute approximate surface area is 115 Å². The molecule has 1 heterocycles. The summed E-state index contributed by atoms with van der Waals surface area (Å²) in [6, 6.07) is 1.74. The summed E-state index contributed by atoms with van der Waals surface area (Å²) in [6.07, 6.45) is 2.90. The van der Waals surface area contributed by atoms with E-state index in [9.17, 15) is 4.39 Å². The van der Waals surface area contributed by atoms with Crippen LogP contribution in [0, 0.1) is 17.7 Å². The molecule has 1 aromatic heterocycles. The van der Waals surface area contributed by atoms with Crippen molar-refractivity contribution in [1.29, 1.82) is 0 Å². The summed E-state index contributed by atoms with van der Waals surface area (Å²) in [4.78, 5) is 4.09. The average Bonchev–Trinajstić information content (AvgIpc) is 3.01. The fourth-order valence-electron chi connectivity index (χ4n) is 2.02. The summed E-state index contributed by atoms with van der Waals surface area (Å²) < 4.78 is 14.3. The highest BCUT2D eigenvalue weighted by Gasteiger charge is 2.32. The van der Waals surface area contributed by atoms with Crippen molar-refractivity contribution in [3.05, 3.63) is 23.6 Å². The largest absolute Gasteiger partial charge is 0.367 e. The maximum absolute atomic E-state index is 14.3. The van der Waals surface area contributed by atoms with Crippen molar-refractivity contribution in [2.75, 3.05) is 11.9 Å². The molecular weight excluding hydrogens is 241 g/mol. The van der Waals surface area contributed by atoms with Crippen molar-refractivity contribution in [1.82, 2.24) is 10.3 Å². The van der Waals surface area contributed by atoms with Crippen LogP contribution in [0.25, 0.3) is 0 Å². The van der Waals surface area contributed by atoms with Gasteiger partial charge in [0.25, 0.3) is 0 Å². The van der Waals surface area contributed by atoms with Gasteiger partial charge in [0.05, 0.1) is 0 Å². The molecule has 1 saturated carbocycles. The van der Waals surface area contributed by atoms with E-state index in [2.05, 4.69) is 43.3 Å². The lowest BCUT2D eigenvalue weighted by atomic mass is 10.1. The van der Waals surface area contributed by atoms with Crippen LogP contribution in [0.2, 0.25) is 0 Å². The molecule has 0 radical (unpaired) electrons. The van der Waals surface area contributed by atoms with Gasteiger partial charge in [-0.1, -0.05) is 6.92 Å². The summed E-state index contributed by atoms with van der Waals surface area (Å²) in [6.45, 7) is 9.77. The molecule has 106 valence electrons. The molecule has 0 saturated heterocycles. The van der Waals surface area contributed by atoms with Crippen LogP contribution in [0.1, 0.15) is 39.7 Å². The summed E-state index contributed by atoms with van der Waals surface area (Å²) in [7, 11) is 0. The SMILES string of the molecule is CC1CC1CNc1nccc(CNC(C)(C)C)c1F. The molecule has 0 aromatic carbocycles. The van der Waals surface area contributed by atoms with Gasteiger partial charge in [-0.05, 0) is 45.1 Å². The molecule has 2 atom stereocenters. The molecular formula is C15H24FN3. The van der Waals surface area contributed by atoms with E-state index in [0.717, 1.165) is 12.5 Å². The Morgan fingerprint density at radius 2 is 2.11 bits per heavy atom. The van der Waals surface area contributed by atoms with E-state index in [1.54, 1.807) is 12.3 Å².